The normalized spacial score (nSPS) is 13.8. The molecule has 124 valence electrons. The van der Waals surface area contributed by atoms with Crippen molar-refractivity contribution in [3.8, 4) is 0 Å². The largest absolute Gasteiger partial charge is 0.303 e. The quantitative estimate of drug-likeness (QED) is 0.650. The Labute approximate surface area is 136 Å². The van der Waals surface area contributed by atoms with E-state index in [1.807, 2.05) is 30.8 Å². The van der Waals surface area contributed by atoms with Crippen molar-refractivity contribution in [3.63, 3.8) is 0 Å². The molecular weight excluding hydrogens is 292 g/mol. The number of hydrogen-bond donors (Lipinski definition) is 1. The van der Waals surface area contributed by atoms with E-state index >= 15 is 0 Å². The number of rotatable bonds is 6. The van der Waals surface area contributed by atoms with Crippen LogP contribution in [0.3, 0.4) is 0 Å². The van der Waals surface area contributed by atoms with Crippen LogP contribution < -0.4 is 5.32 Å². The first-order chi connectivity index (χ1) is 10.8. The Morgan fingerprint density at radius 2 is 1.91 bits per heavy atom. The van der Waals surface area contributed by atoms with E-state index in [2.05, 4.69) is 31.2 Å². The molecule has 0 unspecified atom stereocenters. The molecule has 0 bridgehead atoms. The summed E-state index contributed by atoms with van der Waals surface area (Å²) in [6.45, 7) is 8.33. The minimum absolute atomic E-state index is 0.0970. The first kappa shape index (κ1) is 17.1. The van der Waals surface area contributed by atoms with E-state index in [0.717, 1.165) is 23.4 Å². The third kappa shape index (κ3) is 3.59. The van der Waals surface area contributed by atoms with E-state index in [9.17, 15) is 10.1 Å². The first-order valence-corrected chi connectivity index (χ1v) is 7.85. The molecule has 0 spiro atoms. The maximum absolute atomic E-state index is 10.7. The van der Waals surface area contributed by atoms with Crippen molar-refractivity contribution in [2.24, 2.45) is 7.05 Å². The summed E-state index contributed by atoms with van der Waals surface area (Å²) in [5, 5.41) is 18.9. The van der Waals surface area contributed by atoms with Crippen LogP contribution in [0.2, 0.25) is 0 Å². The summed E-state index contributed by atoms with van der Waals surface area (Å²) in [7, 11) is 1.96. The van der Waals surface area contributed by atoms with Gasteiger partial charge in [0.15, 0.2) is 0 Å². The molecule has 1 heterocycles. The smallest absolute Gasteiger partial charge is 0.269 e. The SMILES string of the molecule is CC[C@@H](N[C@H](C)c1ccc([N+](=O)[O-])cc1)c1c(C)nn(C)c1C. The molecule has 0 aliphatic carbocycles. The van der Waals surface area contributed by atoms with Gasteiger partial charge in [-0.2, -0.15) is 5.10 Å². The van der Waals surface area contributed by atoms with Gasteiger partial charge in [-0.05, 0) is 32.8 Å². The highest BCUT2D eigenvalue weighted by Crippen LogP contribution is 2.27. The van der Waals surface area contributed by atoms with Gasteiger partial charge in [0, 0.05) is 42.5 Å². The van der Waals surface area contributed by atoms with Crippen molar-refractivity contribution in [1.82, 2.24) is 15.1 Å². The summed E-state index contributed by atoms with van der Waals surface area (Å²) >= 11 is 0. The summed E-state index contributed by atoms with van der Waals surface area (Å²) in [6.07, 6.45) is 0.949. The van der Waals surface area contributed by atoms with Crippen molar-refractivity contribution in [2.45, 2.75) is 46.2 Å². The molecule has 6 heteroatoms. The molecule has 0 saturated carbocycles. The fourth-order valence-corrected chi connectivity index (χ4v) is 2.98. The summed E-state index contributed by atoms with van der Waals surface area (Å²) in [5.41, 5.74) is 4.60. The number of nitro groups is 1. The van der Waals surface area contributed by atoms with E-state index in [1.54, 1.807) is 12.1 Å². The van der Waals surface area contributed by atoms with Crippen molar-refractivity contribution in [3.05, 3.63) is 56.9 Å². The van der Waals surface area contributed by atoms with Crippen molar-refractivity contribution in [2.75, 3.05) is 0 Å². The van der Waals surface area contributed by atoms with Gasteiger partial charge in [-0.1, -0.05) is 19.1 Å². The molecule has 23 heavy (non-hydrogen) atoms. The molecule has 0 saturated heterocycles. The summed E-state index contributed by atoms with van der Waals surface area (Å²) in [6, 6.07) is 7.02. The molecule has 1 aromatic carbocycles. The van der Waals surface area contributed by atoms with Gasteiger partial charge in [0.25, 0.3) is 5.69 Å². The molecular formula is C17H24N4O2. The minimum atomic E-state index is -0.376. The minimum Gasteiger partial charge on any atom is -0.303 e. The summed E-state index contributed by atoms with van der Waals surface area (Å²) < 4.78 is 1.91. The standard InChI is InChI=1S/C17H24N4O2/c1-6-16(17-12(3)19-20(5)13(17)4)18-11(2)14-7-9-15(10-8-14)21(22)23/h7-11,16,18H,6H2,1-5H3/t11-,16-/m1/s1. The van der Waals surface area contributed by atoms with Crippen LogP contribution in [-0.2, 0) is 7.05 Å². The molecule has 6 nitrogen and oxygen atoms in total. The monoisotopic (exact) mass is 316 g/mol. The zero-order valence-corrected chi connectivity index (χ0v) is 14.3. The molecule has 2 aromatic rings. The molecule has 1 N–H and O–H groups in total. The lowest BCUT2D eigenvalue weighted by Crippen LogP contribution is -2.25. The van der Waals surface area contributed by atoms with Gasteiger partial charge in [-0.15, -0.1) is 0 Å². The Balaban J connectivity index is 2.19. The zero-order valence-electron chi connectivity index (χ0n) is 14.3. The number of aromatic nitrogens is 2. The van der Waals surface area contributed by atoms with Crippen LogP contribution in [0.1, 0.15) is 54.9 Å². The van der Waals surface area contributed by atoms with Gasteiger partial charge in [-0.25, -0.2) is 0 Å². The maximum atomic E-state index is 10.7. The average Bonchev–Trinajstić information content (AvgIpc) is 2.78. The van der Waals surface area contributed by atoms with Crippen LogP contribution in [0.4, 0.5) is 5.69 Å². The second-order valence-electron chi connectivity index (χ2n) is 5.91. The van der Waals surface area contributed by atoms with Gasteiger partial charge in [-0.3, -0.25) is 14.8 Å². The van der Waals surface area contributed by atoms with E-state index in [4.69, 9.17) is 0 Å². The Morgan fingerprint density at radius 1 is 1.30 bits per heavy atom. The zero-order chi connectivity index (χ0) is 17.1. The van der Waals surface area contributed by atoms with E-state index in [1.165, 1.54) is 5.56 Å². The molecule has 0 radical (unpaired) electrons. The van der Waals surface area contributed by atoms with Gasteiger partial charge < -0.3 is 5.32 Å². The van der Waals surface area contributed by atoms with Crippen LogP contribution in [0.15, 0.2) is 24.3 Å². The average molecular weight is 316 g/mol. The topological polar surface area (TPSA) is 73.0 Å². The van der Waals surface area contributed by atoms with E-state index in [-0.39, 0.29) is 22.7 Å². The number of nitrogens with one attached hydrogen (secondary N) is 1. The lowest BCUT2D eigenvalue weighted by Gasteiger charge is -2.23. The third-order valence-electron chi connectivity index (χ3n) is 4.38. The number of nitrogens with zero attached hydrogens (tertiary/aromatic N) is 3. The number of nitro benzene ring substituents is 1. The van der Waals surface area contributed by atoms with E-state index in [0.29, 0.717) is 0 Å². The first-order valence-electron chi connectivity index (χ1n) is 7.85. The number of benzene rings is 1. The second-order valence-corrected chi connectivity index (χ2v) is 5.91. The molecule has 0 aliphatic rings. The molecule has 0 amide bonds. The van der Waals surface area contributed by atoms with Crippen LogP contribution in [0.5, 0.6) is 0 Å². The number of aryl methyl sites for hydroxylation is 2. The van der Waals surface area contributed by atoms with Crippen LogP contribution >= 0.6 is 0 Å². The molecule has 1 aromatic heterocycles. The Hall–Kier alpha value is -2.21. The highest BCUT2D eigenvalue weighted by atomic mass is 16.6. The second kappa shape index (κ2) is 6.91. The Bertz CT molecular complexity index is 691. The van der Waals surface area contributed by atoms with Crippen molar-refractivity contribution >= 4 is 5.69 Å². The summed E-state index contributed by atoms with van der Waals surface area (Å²) in [5.74, 6) is 0. The van der Waals surface area contributed by atoms with Crippen molar-refractivity contribution < 1.29 is 4.92 Å². The highest BCUT2D eigenvalue weighted by molar-refractivity contribution is 5.34. The molecule has 0 aliphatic heterocycles. The predicted octanol–water partition coefficient (Wildman–Crippen LogP) is 3.75. The number of non-ortho nitro benzene ring substituents is 1. The Kier molecular flexibility index (Phi) is 5.15. The van der Waals surface area contributed by atoms with Crippen LogP contribution in [0, 0.1) is 24.0 Å². The highest BCUT2D eigenvalue weighted by Gasteiger charge is 2.21. The lowest BCUT2D eigenvalue weighted by molar-refractivity contribution is -0.384. The lowest BCUT2D eigenvalue weighted by atomic mass is 9.99. The molecule has 2 atom stereocenters. The van der Waals surface area contributed by atoms with Crippen molar-refractivity contribution in [1.29, 1.82) is 0 Å². The molecule has 2 rings (SSSR count). The van der Waals surface area contributed by atoms with Gasteiger partial charge in [0.05, 0.1) is 10.6 Å². The fourth-order valence-electron chi connectivity index (χ4n) is 2.98. The van der Waals surface area contributed by atoms with Gasteiger partial charge in [0.2, 0.25) is 0 Å². The van der Waals surface area contributed by atoms with Crippen LogP contribution in [0.25, 0.3) is 0 Å². The van der Waals surface area contributed by atoms with Gasteiger partial charge in [0.1, 0.15) is 0 Å². The van der Waals surface area contributed by atoms with Crippen LogP contribution in [-0.4, -0.2) is 14.7 Å². The van der Waals surface area contributed by atoms with E-state index < -0.39 is 0 Å². The predicted molar refractivity (Wildman–Crippen MR) is 90.4 cm³/mol. The number of hydrogen-bond acceptors (Lipinski definition) is 4. The summed E-state index contributed by atoms with van der Waals surface area (Å²) in [4.78, 5) is 10.4. The Morgan fingerprint density at radius 3 is 2.35 bits per heavy atom. The van der Waals surface area contributed by atoms with Gasteiger partial charge >= 0.3 is 0 Å². The fraction of sp³-hybridized carbons (Fsp3) is 0.471. The third-order valence-corrected chi connectivity index (χ3v) is 4.38. The maximum Gasteiger partial charge on any atom is 0.269 e. The molecule has 0 fully saturated rings.